The van der Waals surface area contributed by atoms with E-state index in [2.05, 4.69) is 46.7 Å². The average Bonchev–Trinajstić information content (AvgIpc) is 2.67. The molecular weight excluding hydrogens is 390 g/mol. The van der Waals surface area contributed by atoms with Crippen LogP contribution in [0.2, 0.25) is 0 Å². The van der Waals surface area contributed by atoms with E-state index in [0.29, 0.717) is 17.6 Å². The fourth-order valence-corrected chi connectivity index (χ4v) is 7.63. The van der Waals surface area contributed by atoms with Crippen LogP contribution < -0.4 is 15.5 Å². The van der Waals surface area contributed by atoms with Gasteiger partial charge in [-0.05, 0) is 124 Å². The van der Waals surface area contributed by atoms with Gasteiger partial charge < -0.3 is 15.5 Å². The number of piperidine rings is 1. The minimum atomic E-state index is 0.0909. The quantitative estimate of drug-likeness (QED) is 0.627. The van der Waals surface area contributed by atoms with Gasteiger partial charge in [-0.1, -0.05) is 0 Å². The third-order valence-corrected chi connectivity index (χ3v) is 8.42. The Labute approximate surface area is 186 Å². The number of hydrogen-bond acceptors (Lipinski definition) is 3. The van der Waals surface area contributed by atoms with Crippen LogP contribution in [0.15, 0.2) is 24.3 Å². The molecule has 5 aliphatic rings. The average molecular weight is 426 g/mol. The lowest BCUT2D eigenvalue weighted by molar-refractivity contribution is -0.127. The van der Waals surface area contributed by atoms with E-state index in [1.165, 1.54) is 63.5 Å². The summed E-state index contributed by atoms with van der Waals surface area (Å²) in [6, 6.07) is 9.04. The van der Waals surface area contributed by atoms with Crippen LogP contribution >= 0.6 is 12.2 Å². The van der Waals surface area contributed by atoms with Gasteiger partial charge in [0.05, 0.1) is 0 Å². The van der Waals surface area contributed by atoms with Crippen molar-refractivity contribution in [2.75, 3.05) is 16.8 Å². The highest BCUT2D eigenvalue weighted by Crippen LogP contribution is 2.61. The molecule has 1 aromatic carbocycles. The van der Waals surface area contributed by atoms with Gasteiger partial charge >= 0.3 is 0 Å². The molecule has 0 aromatic heterocycles. The molecule has 162 valence electrons. The molecule has 6 rings (SSSR count). The van der Waals surface area contributed by atoms with Crippen molar-refractivity contribution in [2.45, 2.75) is 77.2 Å². The van der Waals surface area contributed by atoms with Crippen LogP contribution in [0.3, 0.4) is 0 Å². The van der Waals surface area contributed by atoms with E-state index in [1.807, 2.05) is 0 Å². The van der Waals surface area contributed by atoms with E-state index in [9.17, 15) is 4.79 Å². The first-order valence-electron chi connectivity index (χ1n) is 12.0. The van der Waals surface area contributed by atoms with E-state index < -0.39 is 0 Å². The van der Waals surface area contributed by atoms with Crippen molar-refractivity contribution in [3.05, 3.63) is 24.3 Å². The second-order valence-electron chi connectivity index (χ2n) is 10.7. The molecule has 30 heavy (non-hydrogen) atoms. The first-order valence-corrected chi connectivity index (χ1v) is 12.4. The summed E-state index contributed by atoms with van der Waals surface area (Å²) in [7, 11) is 0. The highest BCUT2D eigenvalue weighted by molar-refractivity contribution is 7.80. The zero-order valence-corrected chi connectivity index (χ0v) is 19.0. The van der Waals surface area contributed by atoms with E-state index >= 15 is 0 Å². The Hall–Kier alpha value is -1.62. The third kappa shape index (κ3) is 4.23. The molecule has 1 heterocycles. The fraction of sp³-hybridized carbons (Fsp3) is 0.680. The van der Waals surface area contributed by atoms with E-state index in [-0.39, 0.29) is 11.3 Å². The Morgan fingerprint density at radius 3 is 2.30 bits per heavy atom. The molecule has 1 atom stereocenters. The molecule has 0 spiro atoms. The minimum Gasteiger partial charge on any atom is -0.369 e. The summed E-state index contributed by atoms with van der Waals surface area (Å²) in [5.41, 5.74) is 2.45. The maximum atomic E-state index is 12.8. The van der Waals surface area contributed by atoms with Crippen molar-refractivity contribution in [1.29, 1.82) is 0 Å². The van der Waals surface area contributed by atoms with Crippen LogP contribution in [-0.4, -0.2) is 23.6 Å². The van der Waals surface area contributed by atoms with Gasteiger partial charge in [0, 0.05) is 30.4 Å². The smallest absolute Gasteiger partial charge is 0.226 e. The predicted molar refractivity (Wildman–Crippen MR) is 127 cm³/mol. The zero-order chi connectivity index (χ0) is 20.7. The van der Waals surface area contributed by atoms with Crippen LogP contribution in [0.5, 0.6) is 0 Å². The monoisotopic (exact) mass is 425 g/mol. The number of rotatable bonds is 4. The summed E-state index contributed by atoms with van der Waals surface area (Å²) in [5.74, 6) is 2.70. The van der Waals surface area contributed by atoms with Gasteiger partial charge in [0.15, 0.2) is 5.11 Å². The minimum absolute atomic E-state index is 0.0909. The van der Waals surface area contributed by atoms with E-state index in [4.69, 9.17) is 12.2 Å². The first kappa shape index (κ1) is 20.3. The molecule has 1 saturated heterocycles. The van der Waals surface area contributed by atoms with Crippen molar-refractivity contribution in [3.8, 4) is 0 Å². The number of nitrogens with one attached hydrogen (secondary N) is 2. The standard InChI is InChI=1S/C25H35N3OS/c1-17-4-2-3-9-28(17)22-7-5-21(6-8-22)26-24(30)27-23(29)16-25-13-18-10-19(14-25)12-20(11-18)15-25/h5-8,17-20H,2-4,9-16H2,1H3,(H2,26,27,29,30)/t17-,18?,19?,20?,25?/m1/s1. The molecule has 5 heteroatoms. The molecule has 1 amide bonds. The summed E-state index contributed by atoms with van der Waals surface area (Å²) in [6.07, 6.45) is 12.5. The molecule has 1 aliphatic heterocycles. The number of amides is 1. The molecule has 1 aromatic rings. The summed E-state index contributed by atoms with van der Waals surface area (Å²) >= 11 is 5.44. The van der Waals surface area contributed by atoms with E-state index in [1.54, 1.807) is 0 Å². The zero-order valence-electron chi connectivity index (χ0n) is 18.2. The molecule has 4 aliphatic carbocycles. The van der Waals surface area contributed by atoms with Crippen molar-refractivity contribution in [2.24, 2.45) is 23.2 Å². The molecule has 4 nitrogen and oxygen atoms in total. The molecule has 0 unspecified atom stereocenters. The van der Waals surface area contributed by atoms with Crippen LogP contribution in [0.25, 0.3) is 0 Å². The van der Waals surface area contributed by atoms with Crippen molar-refractivity contribution in [1.82, 2.24) is 5.32 Å². The fourth-order valence-electron chi connectivity index (χ4n) is 7.40. The van der Waals surface area contributed by atoms with Gasteiger partial charge in [-0.15, -0.1) is 0 Å². The molecule has 2 N–H and O–H groups in total. The predicted octanol–water partition coefficient (Wildman–Crippen LogP) is 5.48. The van der Waals surface area contributed by atoms with E-state index in [0.717, 1.165) is 30.0 Å². The topological polar surface area (TPSA) is 44.4 Å². The second kappa shape index (κ2) is 8.14. The second-order valence-corrected chi connectivity index (χ2v) is 11.1. The maximum Gasteiger partial charge on any atom is 0.226 e. The van der Waals surface area contributed by atoms with Crippen LogP contribution in [-0.2, 0) is 4.79 Å². The van der Waals surface area contributed by atoms with Gasteiger partial charge in [-0.3, -0.25) is 4.79 Å². The van der Waals surface area contributed by atoms with Gasteiger partial charge in [-0.2, -0.15) is 0 Å². The van der Waals surface area contributed by atoms with Gasteiger partial charge in [0.2, 0.25) is 5.91 Å². The maximum absolute atomic E-state index is 12.8. The number of hydrogen-bond donors (Lipinski definition) is 2. The van der Waals surface area contributed by atoms with Crippen molar-refractivity contribution >= 4 is 34.6 Å². The third-order valence-electron chi connectivity index (χ3n) is 8.21. The largest absolute Gasteiger partial charge is 0.369 e. The summed E-state index contributed by atoms with van der Waals surface area (Å²) < 4.78 is 0. The van der Waals surface area contributed by atoms with Gasteiger partial charge in [0.1, 0.15) is 0 Å². The lowest BCUT2D eigenvalue weighted by Crippen LogP contribution is -2.48. The van der Waals surface area contributed by atoms with Gasteiger partial charge in [0.25, 0.3) is 0 Å². The van der Waals surface area contributed by atoms with Crippen LogP contribution in [0, 0.1) is 23.2 Å². The molecular formula is C25H35N3OS. The van der Waals surface area contributed by atoms with Crippen molar-refractivity contribution < 1.29 is 4.79 Å². The summed E-state index contributed by atoms with van der Waals surface area (Å²) in [6.45, 7) is 3.44. The summed E-state index contributed by atoms with van der Waals surface area (Å²) in [5, 5.41) is 6.58. The first-order chi connectivity index (χ1) is 14.5. The number of anilines is 2. The number of thiocarbonyl (C=S) groups is 1. The van der Waals surface area contributed by atoms with Crippen LogP contribution in [0.4, 0.5) is 11.4 Å². The number of carbonyl (C=O) groups excluding carboxylic acids is 1. The highest BCUT2D eigenvalue weighted by Gasteiger charge is 2.51. The Morgan fingerprint density at radius 2 is 1.70 bits per heavy atom. The van der Waals surface area contributed by atoms with Crippen molar-refractivity contribution in [3.63, 3.8) is 0 Å². The Morgan fingerprint density at radius 1 is 1.07 bits per heavy atom. The molecule has 5 fully saturated rings. The lowest BCUT2D eigenvalue weighted by Gasteiger charge is -2.56. The van der Waals surface area contributed by atoms with Crippen LogP contribution in [0.1, 0.15) is 71.1 Å². The summed E-state index contributed by atoms with van der Waals surface area (Å²) in [4.78, 5) is 15.3. The highest BCUT2D eigenvalue weighted by atomic mass is 32.1. The normalized spacial score (nSPS) is 34.6. The Balaban J connectivity index is 1.14. The lowest BCUT2D eigenvalue weighted by atomic mass is 9.49. The van der Waals surface area contributed by atoms with Gasteiger partial charge in [-0.25, -0.2) is 0 Å². The molecule has 4 bridgehead atoms. The SMILES string of the molecule is C[C@@H]1CCCCN1c1ccc(NC(=S)NC(=O)CC23CC4CC(CC(C4)C2)C3)cc1. The number of nitrogens with zero attached hydrogens (tertiary/aromatic N) is 1. The Kier molecular flexibility index (Phi) is 5.51. The molecule has 0 radical (unpaired) electrons. The Bertz CT molecular complexity index is 770. The number of benzene rings is 1. The number of carbonyl (C=O) groups is 1. The molecule has 4 saturated carbocycles.